The molecule has 3 aromatic heterocycles. The fourth-order valence-electron chi connectivity index (χ4n) is 3.56. The highest BCUT2D eigenvalue weighted by Crippen LogP contribution is 2.34. The van der Waals surface area contributed by atoms with E-state index in [1.54, 1.807) is 37.6 Å². The molecule has 2 aromatic carbocycles. The van der Waals surface area contributed by atoms with Crippen molar-refractivity contribution in [3.05, 3.63) is 84.2 Å². The van der Waals surface area contributed by atoms with Crippen molar-refractivity contribution in [2.75, 3.05) is 18.2 Å². The first-order valence-electron chi connectivity index (χ1n) is 10.3. The molecular weight excluding hydrogens is 440 g/mol. The van der Waals surface area contributed by atoms with Gasteiger partial charge in [0.1, 0.15) is 11.6 Å². The zero-order valence-corrected chi connectivity index (χ0v) is 18.0. The Balaban J connectivity index is 1.67. The van der Waals surface area contributed by atoms with E-state index < -0.39 is 11.6 Å². The van der Waals surface area contributed by atoms with E-state index in [9.17, 15) is 8.78 Å². The molecule has 0 aliphatic carbocycles. The van der Waals surface area contributed by atoms with Gasteiger partial charge in [-0.05, 0) is 48.5 Å². The van der Waals surface area contributed by atoms with Crippen molar-refractivity contribution in [1.82, 2.24) is 24.7 Å². The molecule has 3 heterocycles. The average Bonchev–Trinajstić information content (AvgIpc) is 3.21. The van der Waals surface area contributed by atoms with Gasteiger partial charge in [0.25, 0.3) is 0 Å². The summed E-state index contributed by atoms with van der Waals surface area (Å²) in [5.74, 6) is -0.989. The predicted octanol–water partition coefficient (Wildman–Crippen LogP) is 4.36. The van der Waals surface area contributed by atoms with Crippen LogP contribution in [0, 0.1) is 11.6 Å². The van der Waals surface area contributed by atoms with E-state index in [-0.39, 0.29) is 28.7 Å². The molecule has 0 saturated heterocycles. The standard InChI is InChI=1S/C24H19F2N7O/c1-34-16-10-8-15(9-11-16)33-22(27)19-21(17-6-4-7-18(25)20(17)26)30-24(31-23(19)32-33)29-13-14-5-2-3-12-28-14/h2-12H,13,27H2,1H3,(H,29,31,32). The van der Waals surface area contributed by atoms with Gasteiger partial charge in [0, 0.05) is 11.8 Å². The molecule has 0 radical (unpaired) electrons. The third-order valence-corrected chi connectivity index (χ3v) is 5.25. The van der Waals surface area contributed by atoms with Crippen LogP contribution in [0.25, 0.3) is 28.0 Å². The maximum absolute atomic E-state index is 14.8. The fraction of sp³-hybridized carbons (Fsp3) is 0.0833. The number of nitrogens with one attached hydrogen (secondary N) is 1. The normalized spacial score (nSPS) is 11.0. The number of anilines is 2. The fourth-order valence-corrected chi connectivity index (χ4v) is 3.56. The van der Waals surface area contributed by atoms with Crippen molar-refractivity contribution >= 4 is 22.8 Å². The van der Waals surface area contributed by atoms with Crippen LogP contribution in [0.4, 0.5) is 20.5 Å². The molecule has 0 spiro atoms. The third kappa shape index (κ3) is 3.85. The summed E-state index contributed by atoms with van der Waals surface area (Å²) in [6.07, 6.45) is 1.67. The Labute approximate surface area is 193 Å². The number of nitrogens with two attached hydrogens (primary N) is 1. The van der Waals surface area contributed by atoms with Gasteiger partial charge in [-0.1, -0.05) is 12.1 Å². The van der Waals surface area contributed by atoms with E-state index in [4.69, 9.17) is 10.5 Å². The van der Waals surface area contributed by atoms with Gasteiger partial charge in [-0.15, -0.1) is 5.10 Å². The van der Waals surface area contributed by atoms with Crippen LogP contribution in [0.3, 0.4) is 0 Å². The molecule has 8 nitrogen and oxygen atoms in total. The number of hydrogen-bond donors (Lipinski definition) is 2. The van der Waals surface area contributed by atoms with Crippen molar-refractivity contribution in [1.29, 1.82) is 0 Å². The number of nitrogens with zero attached hydrogens (tertiary/aromatic N) is 5. The molecule has 10 heteroatoms. The second kappa shape index (κ2) is 8.74. The van der Waals surface area contributed by atoms with Gasteiger partial charge in [0.05, 0.1) is 36.1 Å². The summed E-state index contributed by atoms with van der Waals surface area (Å²) >= 11 is 0. The third-order valence-electron chi connectivity index (χ3n) is 5.25. The van der Waals surface area contributed by atoms with Gasteiger partial charge in [0.2, 0.25) is 5.95 Å². The summed E-state index contributed by atoms with van der Waals surface area (Å²) in [7, 11) is 1.57. The molecule has 0 saturated carbocycles. The highest BCUT2D eigenvalue weighted by Gasteiger charge is 2.22. The largest absolute Gasteiger partial charge is 0.497 e. The Kier molecular flexibility index (Phi) is 5.46. The number of ether oxygens (including phenoxy) is 1. The van der Waals surface area contributed by atoms with E-state index in [1.165, 1.54) is 16.8 Å². The summed E-state index contributed by atoms with van der Waals surface area (Å²) in [5.41, 5.74) is 8.13. The van der Waals surface area contributed by atoms with Crippen LogP contribution in [0.2, 0.25) is 0 Å². The predicted molar refractivity (Wildman–Crippen MR) is 125 cm³/mol. The molecule has 0 atom stereocenters. The van der Waals surface area contributed by atoms with Gasteiger partial charge in [-0.3, -0.25) is 4.98 Å². The Morgan fingerprint density at radius 3 is 2.56 bits per heavy atom. The topological polar surface area (TPSA) is 104 Å². The maximum Gasteiger partial charge on any atom is 0.225 e. The number of hydrogen-bond acceptors (Lipinski definition) is 7. The van der Waals surface area contributed by atoms with Crippen molar-refractivity contribution in [3.8, 4) is 22.7 Å². The minimum atomic E-state index is -1.03. The monoisotopic (exact) mass is 459 g/mol. The summed E-state index contributed by atoms with van der Waals surface area (Å²) < 4.78 is 35.5. The molecule has 170 valence electrons. The number of methoxy groups -OCH3 is 1. The zero-order chi connectivity index (χ0) is 23.7. The molecule has 0 unspecified atom stereocenters. The highest BCUT2D eigenvalue weighted by molar-refractivity contribution is 5.99. The van der Waals surface area contributed by atoms with E-state index >= 15 is 0 Å². The van der Waals surface area contributed by atoms with Crippen molar-refractivity contribution in [3.63, 3.8) is 0 Å². The smallest absolute Gasteiger partial charge is 0.225 e. The second-order valence-corrected chi connectivity index (χ2v) is 7.37. The summed E-state index contributed by atoms with van der Waals surface area (Å²) in [5, 5.41) is 7.90. The maximum atomic E-state index is 14.8. The lowest BCUT2D eigenvalue weighted by molar-refractivity contribution is 0.414. The molecule has 5 aromatic rings. The lowest BCUT2D eigenvalue weighted by atomic mass is 10.1. The minimum Gasteiger partial charge on any atom is -0.497 e. The summed E-state index contributed by atoms with van der Waals surface area (Å²) in [6.45, 7) is 0.325. The molecule has 0 aliphatic heterocycles. The molecule has 5 rings (SSSR count). The van der Waals surface area contributed by atoms with Crippen molar-refractivity contribution < 1.29 is 13.5 Å². The molecule has 0 aliphatic rings. The number of fused-ring (bicyclic) bond motifs is 1. The number of pyridine rings is 1. The Morgan fingerprint density at radius 1 is 1.00 bits per heavy atom. The summed E-state index contributed by atoms with van der Waals surface area (Å²) in [4.78, 5) is 13.2. The first-order chi connectivity index (χ1) is 16.5. The number of rotatable bonds is 6. The number of nitrogen functional groups attached to an aromatic ring is 1. The van der Waals surface area contributed by atoms with E-state index in [0.717, 1.165) is 11.8 Å². The number of halogens is 2. The lowest BCUT2D eigenvalue weighted by Crippen LogP contribution is -2.06. The van der Waals surface area contributed by atoms with Crippen molar-refractivity contribution in [2.24, 2.45) is 0 Å². The van der Waals surface area contributed by atoms with Crippen LogP contribution in [-0.2, 0) is 6.54 Å². The number of aromatic nitrogens is 5. The quantitative estimate of drug-likeness (QED) is 0.389. The zero-order valence-electron chi connectivity index (χ0n) is 18.0. The van der Waals surface area contributed by atoms with Crippen LogP contribution in [0.1, 0.15) is 5.69 Å². The van der Waals surface area contributed by atoms with Gasteiger partial charge in [-0.25, -0.2) is 18.4 Å². The van der Waals surface area contributed by atoms with Crippen molar-refractivity contribution in [2.45, 2.75) is 6.54 Å². The van der Waals surface area contributed by atoms with Gasteiger partial charge in [0.15, 0.2) is 17.3 Å². The number of benzene rings is 2. The molecular formula is C24H19F2N7O. The summed E-state index contributed by atoms with van der Waals surface area (Å²) in [6, 6.07) is 16.5. The Bertz CT molecular complexity index is 1470. The van der Waals surface area contributed by atoms with E-state index in [0.29, 0.717) is 23.4 Å². The second-order valence-electron chi connectivity index (χ2n) is 7.37. The highest BCUT2D eigenvalue weighted by atomic mass is 19.2. The van der Waals surface area contributed by atoms with Crippen LogP contribution in [0.5, 0.6) is 5.75 Å². The Morgan fingerprint density at radius 2 is 1.82 bits per heavy atom. The SMILES string of the molecule is COc1ccc(-n2nc3nc(NCc4ccccn4)nc(-c4cccc(F)c4F)c3c2N)cc1. The van der Waals surface area contributed by atoms with Crippen LogP contribution >= 0.6 is 0 Å². The van der Waals surface area contributed by atoms with Crippen LogP contribution in [0.15, 0.2) is 66.9 Å². The lowest BCUT2D eigenvalue weighted by Gasteiger charge is -2.09. The molecule has 0 amide bonds. The van der Waals surface area contributed by atoms with E-state index in [2.05, 4.69) is 25.4 Å². The van der Waals surface area contributed by atoms with Gasteiger partial charge < -0.3 is 15.8 Å². The molecule has 0 fully saturated rings. The molecule has 3 N–H and O–H groups in total. The average molecular weight is 459 g/mol. The Hall–Kier alpha value is -4.60. The first-order valence-corrected chi connectivity index (χ1v) is 10.3. The van der Waals surface area contributed by atoms with Gasteiger partial charge in [-0.2, -0.15) is 4.98 Å². The minimum absolute atomic E-state index is 0.0470. The van der Waals surface area contributed by atoms with Gasteiger partial charge >= 0.3 is 0 Å². The van der Waals surface area contributed by atoms with Crippen LogP contribution < -0.4 is 15.8 Å². The van der Waals surface area contributed by atoms with Crippen LogP contribution in [-0.4, -0.2) is 31.8 Å². The molecule has 34 heavy (non-hydrogen) atoms. The van der Waals surface area contributed by atoms with E-state index in [1.807, 2.05) is 18.2 Å². The molecule has 0 bridgehead atoms. The first kappa shape index (κ1) is 21.3.